The maximum Gasteiger partial charge on any atom is 0.191 e. The maximum absolute atomic E-state index is 7.30. The lowest BCUT2D eigenvalue weighted by atomic mass is 9.54. The zero-order valence-corrected chi connectivity index (χ0v) is 25.9. The van der Waals surface area contributed by atoms with Crippen LogP contribution in [-0.2, 0) is 33.5 Å². The lowest BCUT2D eigenvalue weighted by Gasteiger charge is -2.47. The molecule has 3 aliphatic carbocycles. The Bertz CT molecular complexity index is 1460. The summed E-state index contributed by atoms with van der Waals surface area (Å²) in [5, 5.41) is 0. The molecule has 0 unspecified atom stereocenters. The van der Waals surface area contributed by atoms with Crippen molar-refractivity contribution in [1.82, 2.24) is 0 Å². The smallest absolute Gasteiger partial charge is 0.191 e. The fourth-order valence-corrected chi connectivity index (χ4v) is 8.87. The molecule has 0 saturated heterocycles. The number of hydrogen-bond acceptors (Lipinski definition) is 6. The van der Waals surface area contributed by atoms with Crippen LogP contribution in [0.2, 0.25) is 0 Å². The number of fused-ring (bicyclic) bond motifs is 4. The van der Waals surface area contributed by atoms with Gasteiger partial charge >= 0.3 is 0 Å². The van der Waals surface area contributed by atoms with Crippen LogP contribution in [0.3, 0.4) is 0 Å². The third kappa shape index (κ3) is 3.93. The molecule has 0 amide bonds. The van der Waals surface area contributed by atoms with Crippen LogP contribution in [0.4, 0.5) is 0 Å². The van der Waals surface area contributed by atoms with Crippen molar-refractivity contribution in [3.8, 4) is 23.0 Å². The number of methoxy groups -OCH3 is 4. The van der Waals surface area contributed by atoms with E-state index in [0.29, 0.717) is 25.0 Å². The van der Waals surface area contributed by atoms with E-state index in [4.69, 9.17) is 28.4 Å². The molecule has 0 bridgehead atoms. The highest BCUT2D eigenvalue weighted by molar-refractivity contribution is 5.69. The van der Waals surface area contributed by atoms with Gasteiger partial charge in [0.2, 0.25) is 0 Å². The molecule has 7 rings (SSSR count). The van der Waals surface area contributed by atoms with Crippen LogP contribution in [-0.4, -0.2) is 34.2 Å². The molecule has 0 N–H and O–H groups in total. The van der Waals surface area contributed by atoms with E-state index in [1.165, 1.54) is 0 Å². The van der Waals surface area contributed by atoms with Crippen LogP contribution in [0, 0.1) is 11.8 Å². The molecule has 0 radical (unpaired) electrons. The predicted molar refractivity (Wildman–Crippen MR) is 168 cm³/mol. The minimum atomic E-state index is -0.976. The number of ether oxygens (including phenoxy) is 6. The second-order valence-corrected chi connectivity index (χ2v) is 12.1. The van der Waals surface area contributed by atoms with Crippen molar-refractivity contribution in [1.29, 1.82) is 0 Å². The predicted octanol–water partition coefficient (Wildman–Crippen LogP) is 7.47. The lowest BCUT2D eigenvalue weighted by molar-refractivity contribution is -0.202. The summed E-state index contributed by atoms with van der Waals surface area (Å²) in [5.41, 5.74) is 3.43. The second-order valence-electron chi connectivity index (χ2n) is 12.1. The zero-order valence-electron chi connectivity index (χ0n) is 25.9. The van der Waals surface area contributed by atoms with Crippen LogP contribution in [0.25, 0.3) is 0 Å². The fraction of sp³-hybridized carbons (Fsp3) is 0.368. The lowest BCUT2D eigenvalue weighted by Crippen LogP contribution is -2.49. The Morgan fingerprint density at radius 2 is 0.886 bits per heavy atom. The van der Waals surface area contributed by atoms with Crippen molar-refractivity contribution >= 4 is 0 Å². The van der Waals surface area contributed by atoms with Gasteiger partial charge in [-0.1, -0.05) is 67.1 Å². The molecule has 0 heterocycles. The van der Waals surface area contributed by atoms with E-state index in [1.807, 2.05) is 24.3 Å². The standard InChI is InChI=1S/C38H40O6/c1-39-30-18-28(19-31(22-30)40-2)36-34-16-11-17-35(34)37(36,29-20-32(41-3)23-33(21-29)42-4)38(36,43-24-26-12-7-5-8-13-26)44-25-27-14-9-6-10-15-27/h5-10,12-15,18-23,34-35H,11,16-17,24-25H2,1-4H3/t34-,35+,36+,37-. The average Bonchev–Trinajstić information content (AvgIpc) is 3.25. The van der Waals surface area contributed by atoms with Crippen LogP contribution in [0.15, 0.2) is 97.1 Å². The van der Waals surface area contributed by atoms with Gasteiger partial charge in [-0.15, -0.1) is 0 Å². The first-order chi connectivity index (χ1) is 21.6. The molecule has 0 aliphatic heterocycles. The summed E-state index contributed by atoms with van der Waals surface area (Å²) in [7, 11) is 6.81. The largest absolute Gasteiger partial charge is 0.497 e. The highest BCUT2D eigenvalue weighted by Gasteiger charge is 3.02. The monoisotopic (exact) mass is 592 g/mol. The summed E-state index contributed by atoms with van der Waals surface area (Å²) < 4.78 is 37.9. The summed E-state index contributed by atoms with van der Waals surface area (Å²) in [6, 6.07) is 33.2. The summed E-state index contributed by atoms with van der Waals surface area (Å²) in [6.45, 7) is 0.835. The van der Waals surface area contributed by atoms with E-state index in [-0.39, 0.29) is 0 Å². The van der Waals surface area contributed by atoms with Crippen molar-refractivity contribution in [2.24, 2.45) is 11.8 Å². The third-order valence-electron chi connectivity index (χ3n) is 10.4. The zero-order chi connectivity index (χ0) is 30.4. The Balaban J connectivity index is 1.48. The molecule has 228 valence electrons. The average molecular weight is 593 g/mol. The van der Waals surface area contributed by atoms with Gasteiger partial charge in [0.05, 0.1) is 52.5 Å². The SMILES string of the molecule is COc1cc(OC)cc([C@@]23[C@H]4CCC[C@H]4[C@]2(c2cc(OC)cc(OC)c2)C3(OCc2ccccc2)OCc2ccccc2)c1. The normalized spacial score (nSPS) is 25.7. The van der Waals surface area contributed by atoms with E-state index >= 15 is 0 Å². The topological polar surface area (TPSA) is 55.4 Å². The first-order valence-electron chi connectivity index (χ1n) is 15.4. The van der Waals surface area contributed by atoms with Gasteiger partial charge in [0, 0.05) is 12.1 Å². The highest BCUT2D eigenvalue weighted by Crippen LogP contribution is 2.92. The molecule has 6 nitrogen and oxygen atoms in total. The first kappa shape index (κ1) is 28.8. The minimum absolute atomic E-state index is 0.350. The Morgan fingerprint density at radius 1 is 0.523 bits per heavy atom. The van der Waals surface area contributed by atoms with E-state index in [9.17, 15) is 0 Å². The first-order valence-corrected chi connectivity index (χ1v) is 15.4. The molecule has 4 atom stereocenters. The molecular weight excluding hydrogens is 552 g/mol. The summed E-state index contributed by atoms with van der Waals surface area (Å²) in [4.78, 5) is 0. The Labute approximate surface area is 259 Å². The van der Waals surface area contributed by atoms with Crippen molar-refractivity contribution in [2.45, 2.75) is 49.1 Å². The van der Waals surface area contributed by atoms with E-state index in [0.717, 1.165) is 64.5 Å². The van der Waals surface area contributed by atoms with Gasteiger partial charge in [0.25, 0.3) is 0 Å². The van der Waals surface area contributed by atoms with Gasteiger partial charge in [-0.05, 0) is 71.2 Å². The molecule has 4 aromatic carbocycles. The van der Waals surface area contributed by atoms with E-state index in [1.54, 1.807) is 28.4 Å². The molecule has 3 saturated carbocycles. The number of benzene rings is 4. The van der Waals surface area contributed by atoms with Crippen molar-refractivity contribution in [2.75, 3.05) is 28.4 Å². The molecule has 3 aliphatic rings. The van der Waals surface area contributed by atoms with Crippen molar-refractivity contribution < 1.29 is 28.4 Å². The minimum Gasteiger partial charge on any atom is -0.497 e. The number of rotatable bonds is 12. The quantitative estimate of drug-likeness (QED) is 0.159. The molecule has 0 spiro atoms. The fourth-order valence-electron chi connectivity index (χ4n) is 8.87. The van der Waals surface area contributed by atoms with Gasteiger partial charge in [-0.3, -0.25) is 0 Å². The van der Waals surface area contributed by atoms with Crippen LogP contribution < -0.4 is 18.9 Å². The third-order valence-corrected chi connectivity index (χ3v) is 10.4. The molecular formula is C38H40O6. The summed E-state index contributed by atoms with van der Waals surface area (Å²) >= 11 is 0. The van der Waals surface area contributed by atoms with Crippen molar-refractivity contribution in [3.05, 3.63) is 119 Å². The molecule has 3 fully saturated rings. The van der Waals surface area contributed by atoms with Crippen LogP contribution in [0.1, 0.15) is 41.5 Å². The number of hydrogen-bond donors (Lipinski definition) is 0. The Kier molecular flexibility index (Phi) is 7.30. The van der Waals surface area contributed by atoms with E-state index < -0.39 is 16.6 Å². The van der Waals surface area contributed by atoms with Gasteiger partial charge in [-0.2, -0.15) is 0 Å². The summed E-state index contributed by atoms with van der Waals surface area (Å²) in [5.74, 6) is 2.72. The van der Waals surface area contributed by atoms with Gasteiger partial charge in [-0.25, -0.2) is 0 Å². The molecule has 6 heteroatoms. The van der Waals surface area contributed by atoms with E-state index in [2.05, 4.69) is 72.8 Å². The molecule has 0 aromatic heterocycles. The summed E-state index contributed by atoms with van der Waals surface area (Å²) in [6.07, 6.45) is 3.35. The Hall–Kier alpha value is -4.00. The van der Waals surface area contributed by atoms with Gasteiger partial charge in [0.1, 0.15) is 23.0 Å². The van der Waals surface area contributed by atoms with Gasteiger partial charge in [0.15, 0.2) is 5.79 Å². The highest BCUT2D eigenvalue weighted by atomic mass is 16.7. The Morgan fingerprint density at radius 3 is 1.23 bits per heavy atom. The maximum atomic E-state index is 7.30. The van der Waals surface area contributed by atoms with Crippen LogP contribution >= 0.6 is 0 Å². The van der Waals surface area contributed by atoms with Gasteiger partial charge < -0.3 is 28.4 Å². The molecule has 4 aromatic rings. The molecule has 44 heavy (non-hydrogen) atoms. The van der Waals surface area contributed by atoms with Crippen LogP contribution in [0.5, 0.6) is 23.0 Å². The van der Waals surface area contributed by atoms with Crippen molar-refractivity contribution in [3.63, 3.8) is 0 Å². The second kappa shape index (κ2) is 11.2.